The van der Waals surface area contributed by atoms with E-state index in [0.717, 1.165) is 12.8 Å². The number of hydrogen-bond donors (Lipinski definition) is 1. The van der Waals surface area contributed by atoms with Crippen LogP contribution < -0.4 is 10.9 Å². The molecule has 1 aromatic rings. The van der Waals surface area contributed by atoms with Crippen LogP contribution in [0.1, 0.15) is 33.6 Å². The summed E-state index contributed by atoms with van der Waals surface area (Å²) in [4.78, 5) is 16.2. The van der Waals surface area contributed by atoms with Gasteiger partial charge in [0.1, 0.15) is 0 Å². The van der Waals surface area contributed by atoms with Crippen LogP contribution in [0.2, 0.25) is 0 Å². The molecule has 0 amide bonds. The number of rotatable bonds is 6. The Hall–Kier alpha value is -1.03. The highest BCUT2D eigenvalue weighted by Gasteiger charge is 2.22. The van der Waals surface area contributed by atoms with Crippen molar-refractivity contribution in [1.82, 2.24) is 9.55 Å². The molecule has 0 aliphatic carbocycles. The van der Waals surface area contributed by atoms with Crippen LogP contribution in [0.3, 0.4) is 0 Å². The minimum absolute atomic E-state index is 0.0841. The first-order valence-corrected chi connectivity index (χ1v) is 6.49. The number of nitrogens with one attached hydrogen (secondary N) is 1. The number of hydrogen-bond acceptors (Lipinski definition) is 3. The topological polar surface area (TPSA) is 46.9 Å². The van der Waals surface area contributed by atoms with Crippen molar-refractivity contribution >= 4 is 17.4 Å². The highest BCUT2D eigenvalue weighted by molar-refractivity contribution is 6.18. The SMILES string of the molecule is CCCn1ccnc(NC(C)(CC)CCl)c1=O. The molecule has 0 aromatic carbocycles. The van der Waals surface area contributed by atoms with E-state index in [1.807, 2.05) is 20.8 Å². The predicted octanol–water partition coefficient (Wildman–Crippen LogP) is 2.47. The zero-order valence-electron chi connectivity index (χ0n) is 10.7. The molecule has 0 aliphatic rings. The number of nitrogens with zero attached hydrogens (tertiary/aromatic N) is 2. The summed E-state index contributed by atoms with van der Waals surface area (Å²) < 4.78 is 1.67. The number of aryl methyl sites for hydroxylation is 1. The Kier molecular flexibility index (Phi) is 5.00. The van der Waals surface area contributed by atoms with E-state index < -0.39 is 0 Å². The first kappa shape index (κ1) is 14.0. The number of alkyl halides is 1. The summed E-state index contributed by atoms with van der Waals surface area (Å²) in [6.45, 7) is 6.76. The van der Waals surface area contributed by atoms with Crippen molar-refractivity contribution in [3.8, 4) is 0 Å². The van der Waals surface area contributed by atoms with Gasteiger partial charge in [0, 0.05) is 30.4 Å². The maximum absolute atomic E-state index is 12.1. The van der Waals surface area contributed by atoms with Crippen molar-refractivity contribution in [3.05, 3.63) is 22.7 Å². The molecule has 1 heterocycles. The lowest BCUT2D eigenvalue weighted by molar-refractivity contribution is 0.546. The van der Waals surface area contributed by atoms with Crippen LogP contribution >= 0.6 is 11.6 Å². The third-order valence-corrected chi connectivity index (χ3v) is 3.46. The van der Waals surface area contributed by atoms with E-state index >= 15 is 0 Å². The van der Waals surface area contributed by atoms with Crippen LogP contribution in [0.5, 0.6) is 0 Å². The molecule has 0 saturated heterocycles. The molecule has 1 atom stereocenters. The van der Waals surface area contributed by atoms with Gasteiger partial charge in [-0.1, -0.05) is 13.8 Å². The van der Waals surface area contributed by atoms with Gasteiger partial charge in [-0.05, 0) is 19.8 Å². The molecule has 0 aliphatic heterocycles. The lowest BCUT2D eigenvalue weighted by Gasteiger charge is -2.27. The van der Waals surface area contributed by atoms with Crippen LogP contribution in [-0.2, 0) is 6.54 Å². The van der Waals surface area contributed by atoms with Gasteiger partial charge in [-0.15, -0.1) is 11.6 Å². The molecule has 0 fully saturated rings. The van der Waals surface area contributed by atoms with Crippen LogP contribution in [0.25, 0.3) is 0 Å². The normalized spacial score (nSPS) is 14.4. The Labute approximate surface area is 107 Å². The summed E-state index contributed by atoms with van der Waals surface area (Å²) >= 11 is 5.91. The lowest BCUT2D eigenvalue weighted by atomic mass is 10.0. The summed E-state index contributed by atoms with van der Waals surface area (Å²) in [5.41, 5.74) is -0.377. The van der Waals surface area contributed by atoms with Gasteiger partial charge in [0.2, 0.25) is 0 Å². The fraction of sp³-hybridized carbons (Fsp3) is 0.667. The predicted molar refractivity (Wildman–Crippen MR) is 71.8 cm³/mol. The molecule has 0 saturated carbocycles. The summed E-state index contributed by atoms with van der Waals surface area (Å²) in [5, 5.41) is 3.15. The van der Waals surface area contributed by atoms with E-state index in [-0.39, 0.29) is 11.1 Å². The quantitative estimate of drug-likeness (QED) is 0.797. The Balaban J connectivity index is 2.99. The standard InChI is InChI=1S/C12H20ClN3O/c1-4-7-16-8-6-14-10(11(16)17)15-12(3,5-2)9-13/h6,8H,4-5,7,9H2,1-3H3,(H,14,15). The third kappa shape index (κ3) is 3.46. The lowest BCUT2D eigenvalue weighted by Crippen LogP contribution is -2.39. The number of anilines is 1. The van der Waals surface area contributed by atoms with E-state index in [2.05, 4.69) is 10.3 Å². The second-order valence-corrected chi connectivity index (χ2v) is 4.71. The largest absolute Gasteiger partial charge is 0.359 e. The maximum Gasteiger partial charge on any atom is 0.293 e. The molecule has 1 aromatic heterocycles. The minimum Gasteiger partial charge on any atom is -0.359 e. The van der Waals surface area contributed by atoms with Crippen LogP contribution in [-0.4, -0.2) is 21.0 Å². The molecule has 96 valence electrons. The molecule has 0 spiro atoms. The van der Waals surface area contributed by atoms with Crippen molar-refractivity contribution in [2.75, 3.05) is 11.2 Å². The summed E-state index contributed by atoms with van der Waals surface area (Å²) in [5.74, 6) is 0.818. The van der Waals surface area contributed by atoms with Gasteiger partial charge in [-0.2, -0.15) is 0 Å². The number of halogens is 1. The maximum atomic E-state index is 12.1. The molecule has 4 nitrogen and oxygen atoms in total. The van der Waals surface area contributed by atoms with Gasteiger partial charge in [-0.25, -0.2) is 4.98 Å². The summed E-state index contributed by atoms with van der Waals surface area (Å²) in [6.07, 6.45) is 5.11. The van der Waals surface area contributed by atoms with E-state index in [1.54, 1.807) is 17.0 Å². The Morgan fingerprint density at radius 3 is 2.76 bits per heavy atom. The second-order valence-electron chi connectivity index (χ2n) is 4.45. The van der Waals surface area contributed by atoms with Gasteiger partial charge in [-0.3, -0.25) is 4.79 Å². The molecular weight excluding hydrogens is 238 g/mol. The molecule has 0 bridgehead atoms. The minimum atomic E-state index is -0.293. The second kappa shape index (κ2) is 6.05. The van der Waals surface area contributed by atoms with Crippen molar-refractivity contribution in [3.63, 3.8) is 0 Å². The highest BCUT2D eigenvalue weighted by atomic mass is 35.5. The Morgan fingerprint density at radius 1 is 1.53 bits per heavy atom. The fourth-order valence-corrected chi connectivity index (χ4v) is 1.71. The van der Waals surface area contributed by atoms with Crippen molar-refractivity contribution in [2.24, 2.45) is 0 Å². The summed E-state index contributed by atoms with van der Waals surface area (Å²) in [6, 6.07) is 0. The van der Waals surface area contributed by atoms with Crippen molar-refractivity contribution in [1.29, 1.82) is 0 Å². The van der Waals surface area contributed by atoms with Gasteiger partial charge in [0.15, 0.2) is 5.82 Å². The summed E-state index contributed by atoms with van der Waals surface area (Å²) in [7, 11) is 0. The van der Waals surface area contributed by atoms with Crippen molar-refractivity contribution in [2.45, 2.75) is 45.7 Å². The van der Waals surface area contributed by atoms with Crippen LogP contribution in [0, 0.1) is 0 Å². The zero-order valence-corrected chi connectivity index (χ0v) is 11.4. The van der Waals surface area contributed by atoms with Crippen molar-refractivity contribution < 1.29 is 0 Å². The van der Waals surface area contributed by atoms with E-state index in [1.165, 1.54) is 0 Å². The van der Waals surface area contributed by atoms with Gasteiger partial charge >= 0.3 is 0 Å². The third-order valence-electron chi connectivity index (χ3n) is 2.87. The molecule has 5 heteroatoms. The van der Waals surface area contributed by atoms with Gasteiger partial charge in [0.05, 0.1) is 0 Å². The van der Waals surface area contributed by atoms with Crippen LogP contribution in [0.4, 0.5) is 5.82 Å². The monoisotopic (exact) mass is 257 g/mol. The smallest absolute Gasteiger partial charge is 0.293 e. The van der Waals surface area contributed by atoms with Gasteiger partial charge in [0.25, 0.3) is 5.56 Å². The molecule has 17 heavy (non-hydrogen) atoms. The number of aromatic nitrogens is 2. The fourth-order valence-electron chi connectivity index (χ4n) is 1.45. The Bertz CT molecular complexity index is 412. The zero-order chi connectivity index (χ0) is 12.9. The molecule has 1 unspecified atom stereocenters. The van der Waals surface area contributed by atoms with E-state index in [9.17, 15) is 4.79 Å². The molecule has 1 N–H and O–H groups in total. The first-order chi connectivity index (χ1) is 8.06. The first-order valence-electron chi connectivity index (χ1n) is 5.96. The average molecular weight is 258 g/mol. The van der Waals surface area contributed by atoms with Crippen LogP contribution in [0.15, 0.2) is 17.2 Å². The highest BCUT2D eigenvalue weighted by Crippen LogP contribution is 2.16. The van der Waals surface area contributed by atoms with Gasteiger partial charge < -0.3 is 9.88 Å². The molecule has 1 rings (SSSR count). The molecule has 0 radical (unpaired) electrons. The van der Waals surface area contributed by atoms with E-state index in [0.29, 0.717) is 18.2 Å². The van der Waals surface area contributed by atoms with E-state index in [4.69, 9.17) is 11.6 Å². The average Bonchev–Trinajstić information content (AvgIpc) is 2.34. The molecular formula is C12H20ClN3O. The Morgan fingerprint density at radius 2 is 2.24 bits per heavy atom.